The first-order valence-corrected chi connectivity index (χ1v) is 13.2. The number of fused-ring (bicyclic) bond motifs is 1. The first-order valence-electron chi connectivity index (χ1n) is 13.2. The van der Waals surface area contributed by atoms with Crippen LogP contribution >= 0.6 is 0 Å². The fourth-order valence-corrected chi connectivity index (χ4v) is 4.16. The molecule has 0 radical (unpaired) electrons. The second-order valence-electron chi connectivity index (χ2n) is 10.3. The van der Waals surface area contributed by atoms with E-state index >= 15 is 0 Å². The van der Waals surface area contributed by atoms with E-state index in [-0.39, 0.29) is 18.4 Å². The Hall–Kier alpha value is -3.26. The van der Waals surface area contributed by atoms with Gasteiger partial charge in [-0.1, -0.05) is 62.4 Å². The van der Waals surface area contributed by atoms with Crippen molar-refractivity contribution in [2.24, 2.45) is 0 Å². The Bertz CT molecular complexity index is 1170. The van der Waals surface area contributed by atoms with Crippen molar-refractivity contribution in [3.8, 4) is 0 Å². The fraction of sp³-hybridized carbons (Fsp3) is 0.517. The number of carbonyl (C=O) groups excluding carboxylic acids is 2. The van der Waals surface area contributed by atoms with E-state index in [1.165, 1.54) is 5.56 Å². The molecule has 8 heteroatoms. The van der Waals surface area contributed by atoms with Gasteiger partial charge in [0.05, 0.1) is 5.52 Å². The summed E-state index contributed by atoms with van der Waals surface area (Å²) in [7, 11) is 0. The summed E-state index contributed by atoms with van der Waals surface area (Å²) < 4.78 is 7.14. The van der Waals surface area contributed by atoms with Gasteiger partial charge < -0.3 is 15.0 Å². The smallest absolute Gasteiger partial charge is 0.247 e. The summed E-state index contributed by atoms with van der Waals surface area (Å²) in [4.78, 5) is 29.3. The highest BCUT2D eigenvalue weighted by atomic mass is 16.5. The van der Waals surface area contributed by atoms with Gasteiger partial charge in [0.2, 0.25) is 11.8 Å². The minimum atomic E-state index is -0.782. The average molecular weight is 508 g/mol. The molecule has 1 unspecified atom stereocenters. The zero-order valence-electron chi connectivity index (χ0n) is 23.0. The van der Waals surface area contributed by atoms with E-state index in [2.05, 4.69) is 29.5 Å². The van der Waals surface area contributed by atoms with Crippen LogP contribution in [-0.2, 0) is 20.9 Å². The van der Waals surface area contributed by atoms with Crippen LogP contribution in [0, 0.1) is 0 Å². The van der Waals surface area contributed by atoms with E-state index in [1.807, 2.05) is 76.2 Å². The first kappa shape index (κ1) is 28.3. The lowest BCUT2D eigenvalue weighted by molar-refractivity contribution is -0.142. The molecule has 0 spiro atoms. The second-order valence-corrected chi connectivity index (χ2v) is 10.3. The summed E-state index contributed by atoms with van der Waals surface area (Å²) in [5, 5.41) is 11.6. The molecule has 3 aromatic rings. The third-order valence-corrected chi connectivity index (χ3v) is 6.74. The minimum Gasteiger partial charge on any atom is -0.382 e. The molecule has 1 N–H and O–H groups in total. The van der Waals surface area contributed by atoms with Gasteiger partial charge in [-0.2, -0.15) is 0 Å². The number of rotatable bonds is 13. The Morgan fingerprint density at radius 1 is 1.05 bits per heavy atom. The molecule has 200 valence electrons. The third-order valence-electron chi connectivity index (χ3n) is 6.74. The van der Waals surface area contributed by atoms with Gasteiger partial charge in [0.15, 0.2) is 0 Å². The molecule has 37 heavy (non-hydrogen) atoms. The Morgan fingerprint density at radius 3 is 2.38 bits per heavy atom. The van der Waals surface area contributed by atoms with Crippen LogP contribution in [0.4, 0.5) is 0 Å². The van der Waals surface area contributed by atoms with Crippen molar-refractivity contribution in [1.29, 1.82) is 0 Å². The van der Waals surface area contributed by atoms with E-state index in [9.17, 15) is 9.59 Å². The predicted octanol–water partition coefficient (Wildman–Crippen LogP) is 4.86. The quantitative estimate of drug-likeness (QED) is 0.334. The van der Waals surface area contributed by atoms with Gasteiger partial charge in [0.25, 0.3) is 0 Å². The molecular weight excluding hydrogens is 466 g/mol. The molecule has 2 amide bonds. The van der Waals surface area contributed by atoms with E-state index < -0.39 is 11.6 Å². The van der Waals surface area contributed by atoms with Gasteiger partial charge in [0.1, 0.15) is 18.1 Å². The molecule has 0 fully saturated rings. The Kier molecular flexibility index (Phi) is 9.80. The number of nitrogens with one attached hydrogen (secondary N) is 1. The summed E-state index contributed by atoms with van der Waals surface area (Å²) in [5.41, 5.74) is 3.05. The summed E-state index contributed by atoms with van der Waals surface area (Å²) >= 11 is 0. The maximum atomic E-state index is 13.9. The largest absolute Gasteiger partial charge is 0.382 e. The number of nitrogens with zero attached hydrogens (tertiary/aromatic N) is 4. The van der Waals surface area contributed by atoms with Crippen molar-refractivity contribution >= 4 is 22.8 Å². The lowest BCUT2D eigenvalue weighted by atomic mass is 9.96. The standard InChI is InChI=1S/C29H41N5O3/c1-7-29(5,6)30-28(36)27(23-16-14-22(15-17-23)21(3)4)33(18-11-19-37-8-2)26(35)20-34-25-13-10-9-12-24(25)31-32-34/h9-10,12-17,21,27H,7-8,11,18-20H2,1-6H3,(H,30,36). The zero-order valence-corrected chi connectivity index (χ0v) is 23.0. The van der Waals surface area contributed by atoms with Crippen molar-refractivity contribution in [3.05, 3.63) is 59.7 Å². The fourth-order valence-electron chi connectivity index (χ4n) is 4.16. The predicted molar refractivity (Wildman–Crippen MR) is 146 cm³/mol. The van der Waals surface area contributed by atoms with Crippen molar-refractivity contribution in [2.75, 3.05) is 19.8 Å². The monoisotopic (exact) mass is 507 g/mol. The number of para-hydroxylation sites is 1. The number of hydrogen-bond acceptors (Lipinski definition) is 5. The summed E-state index contributed by atoms with van der Waals surface area (Å²) in [6.07, 6.45) is 1.38. The first-order chi connectivity index (χ1) is 17.7. The minimum absolute atomic E-state index is 0.0137. The summed E-state index contributed by atoms with van der Waals surface area (Å²) in [6, 6.07) is 14.8. The number of hydrogen-bond donors (Lipinski definition) is 1. The molecule has 0 bridgehead atoms. The molecule has 2 aromatic carbocycles. The number of benzene rings is 2. The zero-order chi connectivity index (χ0) is 27.0. The van der Waals surface area contributed by atoms with Gasteiger partial charge in [-0.15, -0.1) is 5.10 Å². The lowest BCUT2D eigenvalue weighted by Gasteiger charge is -2.34. The molecule has 3 rings (SSSR count). The molecular formula is C29H41N5O3. The topological polar surface area (TPSA) is 89.3 Å². The Labute approximate surface area is 220 Å². The normalized spacial score (nSPS) is 12.6. The van der Waals surface area contributed by atoms with Gasteiger partial charge in [-0.3, -0.25) is 9.59 Å². The highest BCUT2D eigenvalue weighted by Crippen LogP contribution is 2.26. The van der Waals surface area contributed by atoms with Crippen LogP contribution in [0.3, 0.4) is 0 Å². The number of aromatic nitrogens is 3. The van der Waals surface area contributed by atoms with Crippen LogP contribution in [0.25, 0.3) is 11.0 Å². The lowest BCUT2D eigenvalue weighted by Crippen LogP contribution is -2.51. The molecule has 1 aromatic heterocycles. The molecule has 0 saturated carbocycles. The highest BCUT2D eigenvalue weighted by Gasteiger charge is 2.34. The molecule has 0 aliphatic heterocycles. The van der Waals surface area contributed by atoms with Gasteiger partial charge in [-0.05, 0) is 62.8 Å². The summed E-state index contributed by atoms with van der Waals surface area (Å²) in [6.45, 7) is 13.7. The number of carbonyl (C=O) groups is 2. The molecule has 0 aliphatic carbocycles. The summed E-state index contributed by atoms with van der Waals surface area (Å²) in [5.74, 6) is -0.0308. The van der Waals surface area contributed by atoms with Gasteiger partial charge in [-0.25, -0.2) is 4.68 Å². The Morgan fingerprint density at radius 2 is 1.73 bits per heavy atom. The average Bonchev–Trinajstić information content (AvgIpc) is 3.28. The van der Waals surface area contributed by atoms with Crippen LogP contribution in [0.1, 0.15) is 77.5 Å². The maximum absolute atomic E-state index is 13.9. The SMILES string of the molecule is CCOCCCN(C(=O)Cn1nnc2ccccc21)C(C(=O)NC(C)(C)CC)c1ccc(C(C)C)cc1. The van der Waals surface area contributed by atoms with E-state index in [0.717, 1.165) is 23.0 Å². The second kappa shape index (κ2) is 12.8. The van der Waals surface area contributed by atoms with E-state index in [1.54, 1.807) is 9.58 Å². The van der Waals surface area contributed by atoms with Crippen LogP contribution in [0.2, 0.25) is 0 Å². The van der Waals surface area contributed by atoms with Crippen LogP contribution < -0.4 is 5.32 Å². The van der Waals surface area contributed by atoms with Crippen molar-refractivity contribution in [3.63, 3.8) is 0 Å². The molecule has 1 atom stereocenters. The van der Waals surface area contributed by atoms with E-state index in [4.69, 9.17) is 4.74 Å². The van der Waals surface area contributed by atoms with Crippen LogP contribution in [0.15, 0.2) is 48.5 Å². The van der Waals surface area contributed by atoms with Gasteiger partial charge in [0, 0.05) is 25.3 Å². The van der Waals surface area contributed by atoms with Crippen LogP contribution in [0.5, 0.6) is 0 Å². The number of amides is 2. The molecule has 0 aliphatic rings. The van der Waals surface area contributed by atoms with Crippen molar-refractivity contribution < 1.29 is 14.3 Å². The maximum Gasteiger partial charge on any atom is 0.247 e. The molecule has 0 saturated heterocycles. The third kappa shape index (κ3) is 7.38. The Balaban J connectivity index is 1.99. The molecule has 8 nitrogen and oxygen atoms in total. The highest BCUT2D eigenvalue weighted by molar-refractivity contribution is 5.89. The molecule has 1 heterocycles. The number of ether oxygens (including phenoxy) is 1. The van der Waals surface area contributed by atoms with Gasteiger partial charge >= 0.3 is 0 Å². The van der Waals surface area contributed by atoms with E-state index in [0.29, 0.717) is 32.1 Å². The van der Waals surface area contributed by atoms with Crippen LogP contribution in [-0.4, -0.2) is 57.0 Å². The van der Waals surface area contributed by atoms with Crippen molar-refractivity contribution in [2.45, 2.75) is 78.4 Å². The van der Waals surface area contributed by atoms with Crippen molar-refractivity contribution in [1.82, 2.24) is 25.2 Å².